The van der Waals surface area contributed by atoms with Crippen LogP contribution in [-0.2, 0) is 6.18 Å². The highest BCUT2D eigenvalue weighted by molar-refractivity contribution is 5.85. The average molecular weight is 310 g/mol. The second kappa shape index (κ2) is 5.98. The van der Waals surface area contributed by atoms with Crippen molar-refractivity contribution in [1.29, 1.82) is 0 Å². The molecule has 0 bridgehead atoms. The first kappa shape index (κ1) is 18.0. The van der Waals surface area contributed by atoms with Crippen LogP contribution in [0.2, 0.25) is 0 Å². The number of halogens is 7. The SMILES string of the molecule is Cl.N[C@@H](c1cccc(C(F)(F)F)c1F)C(F)(F)CO. The van der Waals surface area contributed by atoms with Crippen molar-refractivity contribution in [3.05, 3.63) is 35.1 Å². The summed E-state index contributed by atoms with van der Waals surface area (Å²) >= 11 is 0. The lowest BCUT2D eigenvalue weighted by Crippen LogP contribution is -2.37. The molecule has 0 spiro atoms. The molecule has 0 aliphatic carbocycles. The van der Waals surface area contributed by atoms with E-state index in [1.54, 1.807) is 0 Å². The van der Waals surface area contributed by atoms with Crippen LogP contribution in [0.3, 0.4) is 0 Å². The molecule has 0 radical (unpaired) electrons. The third-order valence-electron chi connectivity index (χ3n) is 2.33. The molecular weight excluding hydrogens is 300 g/mol. The Morgan fingerprint density at radius 2 is 1.68 bits per heavy atom. The Morgan fingerprint density at radius 3 is 2.11 bits per heavy atom. The third kappa shape index (κ3) is 3.74. The molecular formula is C10H10ClF6NO. The van der Waals surface area contributed by atoms with Gasteiger partial charge >= 0.3 is 6.18 Å². The van der Waals surface area contributed by atoms with Gasteiger partial charge in [0.1, 0.15) is 12.4 Å². The lowest BCUT2D eigenvalue weighted by molar-refractivity contribution is -0.140. The Balaban J connectivity index is 0.00000324. The van der Waals surface area contributed by atoms with Gasteiger partial charge in [-0.2, -0.15) is 13.2 Å². The van der Waals surface area contributed by atoms with Crippen molar-refractivity contribution in [2.75, 3.05) is 6.61 Å². The van der Waals surface area contributed by atoms with Crippen LogP contribution in [-0.4, -0.2) is 17.6 Å². The van der Waals surface area contributed by atoms with Gasteiger partial charge in [-0.05, 0) is 6.07 Å². The van der Waals surface area contributed by atoms with Gasteiger partial charge in [0.05, 0.1) is 11.6 Å². The van der Waals surface area contributed by atoms with Crippen molar-refractivity contribution < 1.29 is 31.4 Å². The fraction of sp³-hybridized carbons (Fsp3) is 0.400. The molecule has 1 atom stereocenters. The van der Waals surface area contributed by atoms with Gasteiger partial charge in [0, 0.05) is 5.56 Å². The Morgan fingerprint density at radius 1 is 1.16 bits per heavy atom. The molecule has 1 aromatic carbocycles. The van der Waals surface area contributed by atoms with Crippen molar-refractivity contribution in [1.82, 2.24) is 0 Å². The quantitative estimate of drug-likeness (QED) is 0.843. The number of benzene rings is 1. The van der Waals surface area contributed by atoms with E-state index in [1.807, 2.05) is 0 Å². The van der Waals surface area contributed by atoms with Crippen molar-refractivity contribution in [2.45, 2.75) is 18.1 Å². The lowest BCUT2D eigenvalue weighted by Gasteiger charge is -2.23. The summed E-state index contributed by atoms with van der Waals surface area (Å²) in [5, 5.41) is 8.37. The highest BCUT2D eigenvalue weighted by atomic mass is 35.5. The van der Waals surface area contributed by atoms with E-state index in [0.29, 0.717) is 6.07 Å². The molecule has 0 saturated carbocycles. The Kier molecular flexibility index (Phi) is 5.66. The van der Waals surface area contributed by atoms with E-state index in [-0.39, 0.29) is 12.4 Å². The van der Waals surface area contributed by atoms with E-state index in [1.165, 1.54) is 0 Å². The molecule has 2 nitrogen and oxygen atoms in total. The molecule has 0 aliphatic rings. The minimum absolute atomic E-state index is 0. The minimum atomic E-state index is -5.01. The van der Waals surface area contributed by atoms with E-state index in [0.717, 1.165) is 12.1 Å². The number of hydrogen-bond donors (Lipinski definition) is 2. The first-order valence-electron chi connectivity index (χ1n) is 4.71. The van der Waals surface area contributed by atoms with Crippen LogP contribution in [0.1, 0.15) is 17.2 Å². The summed E-state index contributed by atoms with van der Waals surface area (Å²) < 4.78 is 76.6. The normalized spacial score (nSPS) is 13.9. The maximum absolute atomic E-state index is 13.5. The maximum atomic E-state index is 13.5. The van der Waals surface area contributed by atoms with Crippen molar-refractivity contribution >= 4 is 12.4 Å². The summed E-state index contributed by atoms with van der Waals surface area (Å²) in [6, 6.07) is -0.444. The molecule has 19 heavy (non-hydrogen) atoms. The topological polar surface area (TPSA) is 46.2 Å². The summed E-state index contributed by atoms with van der Waals surface area (Å²) in [6.07, 6.45) is -5.01. The number of aliphatic hydroxyl groups excluding tert-OH is 1. The van der Waals surface area contributed by atoms with Crippen molar-refractivity contribution in [3.8, 4) is 0 Å². The molecule has 0 heterocycles. The second-order valence-corrected chi connectivity index (χ2v) is 3.60. The standard InChI is InChI=1S/C10H9F6NO.ClH/c11-7-5(8(17)9(12,13)4-18)2-1-3-6(7)10(14,15)16;/h1-3,8,18H,4,17H2;1H/t8-;/m0./s1. The fourth-order valence-electron chi connectivity index (χ4n) is 1.33. The highest BCUT2D eigenvalue weighted by Crippen LogP contribution is 2.36. The Labute approximate surface area is 110 Å². The summed E-state index contributed by atoms with van der Waals surface area (Å²) in [5.41, 5.74) is 2.31. The highest BCUT2D eigenvalue weighted by Gasteiger charge is 2.41. The molecule has 1 rings (SSSR count). The molecule has 0 unspecified atom stereocenters. The minimum Gasteiger partial charge on any atom is -0.390 e. The molecule has 9 heteroatoms. The summed E-state index contributed by atoms with van der Waals surface area (Å²) in [6.45, 7) is -1.69. The van der Waals surface area contributed by atoms with E-state index < -0.39 is 41.7 Å². The molecule has 0 saturated heterocycles. The number of hydrogen-bond acceptors (Lipinski definition) is 2. The van der Waals surface area contributed by atoms with Crippen molar-refractivity contribution in [3.63, 3.8) is 0 Å². The predicted octanol–water partition coefficient (Wildman–Crippen LogP) is 2.89. The predicted molar refractivity (Wildman–Crippen MR) is 57.6 cm³/mol. The number of aliphatic hydroxyl groups is 1. The molecule has 3 N–H and O–H groups in total. The Hall–Kier alpha value is -0.990. The average Bonchev–Trinajstić information content (AvgIpc) is 2.27. The van der Waals surface area contributed by atoms with Crippen LogP contribution in [0.15, 0.2) is 18.2 Å². The van der Waals surface area contributed by atoms with Gasteiger partial charge in [-0.3, -0.25) is 0 Å². The van der Waals surface area contributed by atoms with E-state index in [4.69, 9.17) is 10.8 Å². The summed E-state index contributed by atoms with van der Waals surface area (Å²) in [7, 11) is 0. The lowest BCUT2D eigenvalue weighted by atomic mass is 9.98. The first-order valence-corrected chi connectivity index (χ1v) is 4.71. The van der Waals surface area contributed by atoms with Gasteiger partial charge in [0.2, 0.25) is 0 Å². The molecule has 0 aliphatic heterocycles. The second-order valence-electron chi connectivity index (χ2n) is 3.60. The van der Waals surface area contributed by atoms with Crippen molar-refractivity contribution in [2.24, 2.45) is 5.73 Å². The molecule has 0 amide bonds. The van der Waals surface area contributed by atoms with Crippen LogP contribution in [0, 0.1) is 5.82 Å². The summed E-state index contributed by atoms with van der Waals surface area (Å²) in [4.78, 5) is 0. The largest absolute Gasteiger partial charge is 0.419 e. The van der Waals surface area contributed by atoms with E-state index in [9.17, 15) is 26.3 Å². The fourth-order valence-corrected chi connectivity index (χ4v) is 1.33. The molecule has 0 aromatic heterocycles. The van der Waals surface area contributed by atoms with Crippen LogP contribution < -0.4 is 5.73 Å². The number of alkyl halides is 5. The van der Waals surface area contributed by atoms with Crippen LogP contribution in [0.4, 0.5) is 26.3 Å². The zero-order valence-electron chi connectivity index (χ0n) is 9.22. The van der Waals surface area contributed by atoms with Crippen LogP contribution >= 0.6 is 12.4 Å². The van der Waals surface area contributed by atoms with E-state index >= 15 is 0 Å². The van der Waals surface area contributed by atoms with Gasteiger partial charge in [-0.1, -0.05) is 12.1 Å². The first-order chi connectivity index (χ1) is 8.11. The zero-order valence-corrected chi connectivity index (χ0v) is 10.0. The summed E-state index contributed by atoms with van der Waals surface area (Å²) in [5.74, 6) is -5.77. The van der Waals surface area contributed by atoms with Gasteiger partial charge in [-0.25, -0.2) is 13.2 Å². The van der Waals surface area contributed by atoms with E-state index in [2.05, 4.69) is 0 Å². The zero-order chi connectivity index (χ0) is 14.1. The van der Waals surface area contributed by atoms with Gasteiger partial charge in [-0.15, -0.1) is 12.4 Å². The maximum Gasteiger partial charge on any atom is 0.419 e. The monoisotopic (exact) mass is 309 g/mol. The smallest absolute Gasteiger partial charge is 0.390 e. The van der Waals surface area contributed by atoms with Crippen LogP contribution in [0.25, 0.3) is 0 Å². The van der Waals surface area contributed by atoms with Crippen LogP contribution in [0.5, 0.6) is 0 Å². The molecule has 110 valence electrons. The molecule has 1 aromatic rings. The molecule has 0 fully saturated rings. The van der Waals surface area contributed by atoms with Gasteiger partial charge in [0.15, 0.2) is 0 Å². The van der Waals surface area contributed by atoms with Gasteiger partial charge < -0.3 is 10.8 Å². The van der Waals surface area contributed by atoms with Gasteiger partial charge in [0.25, 0.3) is 5.92 Å². The number of nitrogens with two attached hydrogens (primary N) is 1. The third-order valence-corrected chi connectivity index (χ3v) is 2.33. The number of rotatable bonds is 3. The Bertz CT molecular complexity index is 437.